The number of hydrogen-bond acceptors (Lipinski definition) is 5. The number of carbonyl (C=O) groups is 4. The zero-order chi connectivity index (χ0) is 28.8. The molecule has 3 aromatic carbocycles. The predicted molar refractivity (Wildman–Crippen MR) is 157 cm³/mol. The first-order chi connectivity index (χ1) is 19.9. The summed E-state index contributed by atoms with van der Waals surface area (Å²) in [7, 11) is 0. The molecule has 4 N–H and O–H groups in total. The Labute approximate surface area is 238 Å². The zero-order valence-corrected chi connectivity index (χ0v) is 22.8. The number of nitrogens with two attached hydrogens (primary N) is 1. The minimum Gasteiger partial charge on any atom is -0.366 e. The lowest BCUT2D eigenvalue weighted by molar-refractivity contribution is -0.140. The Kier molecular flexibility index (Phi) is 8.57. The molecule has 5 rings (SSSR count). The molecule has 2 saturated heterocycles. The van der Waals surface area contributed by atoms with Crippen molar-refractivity contribution in [1.29, 1.82) is 0 Å². The molecule has 1 atom stereocenters. The summed E-state index contributed by atoms with van der Waals surface area (Å²) < 4.78 is 0. The van der Waals surface area contributed by atoms with Gasteiger partial charge in [-0.1, -0.05) is 30.3 Å². The third-order valence-electron chi connectivity index (χ3n) is 7.50. The van der Waals surface area contributed by atoms with Gasteiger partial charge in [0.1, 0.15) is 6.04 Å². The predicted octanol–water partition coefficient (Wildman–Crippen LogP) is 3.14. The van der Waals surface area contributed by atoms with Gasteiger partial charge in [0.25, 0.3) is 5.91 Å². The summed E-state index contributed by atoms with van der Waals surface area (Å²) in [6.45, 7) is 2.00. The van der Waals surface area contributed by atoms with Crippen LogP contribution in [0.5, 0.6) is 0 Å². The highest BCUT2D eigenvalue weighted by atomic mass is 16.2. The molecule has 2 heterocycles. The van der Waals surface area contributed by atoms with Crippen molar-refractivity contribution in [2.75, 3.05) is 31.5 Å². The molecule has 4 amide bonds. The van der Waals surface area contributed by atoms with E-state index in [1.54, 1.807) is 4.90 Å². The van der Waals surface area contributed by atoms with E-state index in [0.29, 0.717) is 24.2 Å². The van der Waals surface area contributed by atoms with Crippen molar-refractivity contribution >= 4 is 46.0 Å². The van der Waals surface area contributed by atoms with Crippen molar-refractivity contribution in [3.05, 3.63) is 77.9 Å². The zero-order valence-electron chi connectivity index (χ0n) is 22.8. The van der Waals surface area contributed by atoms with Crippen LogP contribution in [0.4, 0.5) is 5.69 Å². The number of carbonyl (C=O) groups excluding carboxylic acids is 4. The molecule has 2 aliphatic rings. The van der Waals surface area contributed by atoms with Gasteiger partial charge in [0.2, 0.25) is 23.7 Å². The Balaban J connectivity index is 1.40. The van der Waals surface area contributed by atoms with Crippen molar-refractivity contribution in [3.8, 4) is 0 Å². The topological polar surface area (TPSA) is 137 Å². The Morgan fingerprint density at radius 1 is 0.854 bits per heavy atom. The highest BCUT2D eigenvalue weighted by Gasteiger charge is 2.30. The van der Waals surface area contributed by atoms with Gasteiger partial charge >= 0.3 is 0 Å². The number of amides is 4. The molecule has 0 radical (unpaired) electrons. The molecule has 0 spiro atoms. The number of aliphatic imine (C=N–C) groups is 1. The SMILES string of the molecule is NC(=O)c1ccc(C(=O)NC(=NC2CCCCN(CC(=O)N3CCCC3)C2=O)Nc2ccc3ccccc3c2)cc1. The summed E-state index contributed by atoms with van der Waals surface area (Å²) in [5.74, 6) is -1.20. The molecule has 10 heteroatoms. The van der Waals surface area contributed by atoms with Gasteiger partial charge in [-0.05, 0) is 79.3 Å². The van der Waals surface area contributed by atoms with Gasteiger partial charge in [-0.3, -0.25) is 24.5 Å². The molecule has 41 heavy (non-hydrogen) atoms. The van der Waals surface area contributed by atoms with Crippen LogP contribution in [0.3, 0.4) is 0 Å². The van der Waals surface area contributed by atoms with Crippen LogP contribution in [0.2, 0.25) is 0 Å². The van der Waals surface area contributed by atoms with Gasteiger partial charge in [-0.15, -0.1) is 0 Å². The normalized spacial score (nSPS) is 17.8. The van der Waals surface area contributed by atoms with Crippen molar-refractivity contribution < 1.29 is 19.2 Å². The number of rotatable bonds is 6. The molecular formula is C31H34N6O4. The smallest absolute Gasteiger partial charge is 0.257 e. The molecular weight excluding hydrogens is 520 g/mol. The minimum atomic E-state index is -0.760. The van der Waals surface area contributed by atoms with Crippen LogP contribution in [-0.2, 0) is 9.59 Å². The lowest BCUT2D eigenvalue weighted by Gasteiger charge is -2.25. The summed E-state index contributed by atoms with van der Waals surface area (Å²) in [5, 5.41) is 8.06. The molecule has 212 valence electrons. The van der Waals surface area contributed by atoms with Crippen molar-refractivity contribution in [2.45, 2.75) is 38.1 Å². The third-order valence-corrected chi connectivity index (χ3v) is 7.50. The molecule has 0 saturated carbocycles. The van der Waals surface area contributed by atoms with Crippen LogP contribution < -0.4 is 16.4 Å². The fourth-order valence-electron chi connectivity index (χ4n) is 5.21. The maximum Gasteiger partial charge on any atom is 0.257 e. The molecule has 10 nitrogen and oxygen atoms in total. The van der Waals surface area contributed by atoms with Gasteiger partial charge in [-0.2, -0.15) is 0 Å². The van der Waals surface area contributed by atoms with Crippen molar-refractivity contribution in [1.82, 2.24) is 15.1 Å². The van der Waals surface area contributed by atoms with Crippen LogP contribution >= 0.6 is 0 Å². The first-order valence-electron chi connectivity index (χ1n) is 14.0. The molecule has 0 aromatic heterocycles. The lowest BCUT2D eigenvalue weighted by atomic mass is 10.1. The number of hydrogen-bond donors (Lipinski definition) is 3. The Morgan fingerprint density at radius 2 is 1.54 bits per heavy atom. The number of anilines is 1. The van der Waals surface area contributed by atoms with Gasteiger partial charge in [-0.25, -0.2) is 4.99 Å². The van der Waals surface area contributed by atoms with E-state index < -0.39 is 17.9 Å². The second kappa shape index (κ2) is 12.6. The molecule has 3 aromatic rings. The van der Waals surface area contributed by atoms with Gasteiger partial charge in [0.15, 0.2) is 0 Å². The van der Waals surface area contributed by atoms with E-state index in [1.165, 1.54) is 24.3 Å². The van der Waals surface area contributed by atoms with Crippen LogP contribution in [0.15, 0.2) is 71.7 Å². The maximum atomic E-state index is 13.6. The fourth-order valence-corrected chi connectivity index (χ4v) is 5.21. The van der Waals surface area contributed by atoms with E-state index in [9.17, 15) is 19.2 Å². The molecule has 1 unspecified atom stereocenters. The third kappa shape index (κ3) is 6.89. The first-order valence-corrected chi connectivity index (χ1v) is 14.0. The molecule has 2 aliphatic heterocycles. The minimum absolute atomic E-state index is 0.0386. The number of likely N-dealkylation sites (tertiary alicyclic amines) is 2. The van der Waals surface area contributed by atoms with E-state index in [1.807, 2.05) is 47.4 Å². The Bertz CT molecular complexity index is 1480. The largest absolute Gasteiger partial charge is 0.366 e. The summed E-state index contributed by atoms with van der Waals surface area (Å²) in [6, 6.07) is 18.9. The summed E-state index contributed by atoms with van der Waals surface area (Å²) in [4.78, 5) is 59.1. The van der Waals surface area contributed by atoms with E-state index in [0.717, 1.165) is 49.5 Å². The van der Waals surface area contributed by atoms with E-state index in [-0.39, 0.29) is 29.9 Å². The average Bonchev–Trinajstić information content (AvgIpc) is 3.47. The van der Waals surface area contributed by atoms with E-state index in [4.69, 9.17) is 10.7 Å². The number of fused-ring (bicyclic) bond motifs is 1. The van der Waals surface area contributed by atoms with Gasteiger partial charge < -0.3 is 20.9 Å². The second-order valence-corrected chi connectivity index (χ2v) is 10.4. The maximum absolute atomic E-state index is 13.6. The van der Waals surface area contributed by atoms with Crippen LogP contribution in [0.25, 0.3) is 10.8 Å². The second-order valence-electron chi connectivity index (χ2n) is 10.4. The van der Waals surface area contributed by atoms with Crippen molar-refractivity contribution in [3.63, 3.8) is 0 Å². The standard InChI is InChI=1S/C31H34N6O4/c32-28(39)22-10-12-23(13-11-22)29(40)35-31(33-25-15-14-21-7-1-2-8-24(21)19-25)34-26-9-3-4-18-37(30(26)41)20-27(38)36-16-5-6-17-36/h1-2,7-8,10-15,19,26H,3-6,9,16-18,20H2,(H2,32,39)(H2,33,34,35,40). The summed E-state index contributed by atoms with van der Waals surface area (Å²) in [6.07, 6.45) is 4.01. The first kappa shape index (κ1) is 27.8. The quantitative estimate of drug-likeness (QED) is 0.318. The molecule has 0 bridgehead atoms. The highest BCUT2D eigenvalue weighted by molar-refractivity contribution is 6.11. The fraction of sp³-hybridized carbons (Fsp3) is 0.323. The highest BCUT2D eigenvalue weighted by Crippen LogP contribution is 2.20. The number of nitrogens with one attached hydrogen (secondary N) is 2. The van der Waals surface area contributed by atoms with Crippen LogP contribution in [0, 0.1) is 0 Å². The lowest BCUT2D eigenvalue weighted by Crippen LogP contribution is -2.45. The number of benzene rings is 3. The monoisotopic (exact) mass is 554 g/mol. The number of nitrogens with zero attached hydrogens (tertiary/aromatic N) is 3. The molecule has 0 aliphatic carbocycles. The Morgan fingerprint density at radius 3 is 2.27 bits per heavy atom. The number of primary amides is 1. The van der Waals surface area contributed by atoms with Crippen LogP contribution in [-0.4, -0.2) is 71.6 Å². The van der Waals surface area contributed by atoms with Crippen LogP contribution in [0.1, 0.15) is 52.8 Å². The Hall–Kier alpha value is -4.73. The summed E-state index contributed by atoms with van der Waals surface area (Å²) >= 11 is 0. The van der Waals surface area contributed by atoms with Crippen molar-refractivity contribution in [2.24, 2.45) is 10.7 Å². The van der Waals surface area contributed by atoms with E-state index >= 15 is 0 Å². The van der Waals surface area contributed by atoms with Gasteiger partial charge in [0.05, 0.1) is 6.54 Å². The summed E-state index contributed by atoms with van der Waals surface area (Å²) in [5.41, 5.74) is 6.60. The number of guanidine groups is 1. The average molecular weight is 555 g/mol. The van der Waals surface area contributed by atoms with Gasteiger partial charge in [0, 0.05) is 36.4 Å². The van der Waals surface area contributed by atoms with E-state index in [2.05, 4.69) is 10.6 Å². The molecule has 2 fully saturated rings.